The quantitative estimate of drug-likeness (QED) is 0.753. The van der Waals surface area contributed by atoms with Crippen molar-refractivity contribution < 1.29 is 5.11 Å². The zero-order valence-corrected chi connectivity index (χ0v) is 12.5. The number of hydrogen-bond acceptors (Lipinski definition) is 3. The Morgan fingerprint density at radius 2 is 1.22 bits per heavy atom. The highest BCUT2D eigenvalue weighted by molar-refractivity contribution is 5.66. The highest BCUT2D eigenvalue weighted by Crippen LogP contribution is 2.34. The molecular weight excluding hydrogens is 284 g/mol. The van der Waals surface area contributed by atoms with Gasteiger partial charge < -0.3 is 10.0 Å². The largest absolute Gasteiger partial charge is 0.508 e. The molecule has 3 nitrogen and oxygen atoms in total. The van der Waals surface area contributed by atoms with Crippen LogP contribution in [-0.4, -0.2) is 5.11 Å². The summed E-state index contributed by atoms with van der Waals surface area (Å²) in [7, 11) is 0. The molecular formula is C20H16N2O. The molecule has 1 atom stereocenters. The van der Waals surface area contributed by atoms with E-state index < -0.39 is 6.04 Å². The van der Waals surface area contributed by atoms with Gasteiger partial charge in [0.15, 0.2) is 0 Å². The van der Waals surface area contributed by atoms with Gasteiger partial charge in [-0.05, 0) is 42.0 Å². The summed E-state index contributed by atoms with van der Waals surface area (Å²) in [6, 6.07) is 28.3. The Kier molecular flexibility index (Phi) is 4.26. The number of phenols is 1. The van der Waals surface area contributed by atoms with Crippen LogP contribution in [0, 0.1) is 11.3 Å². The first-order valence-electron chi connectivity index (χ1n) is 7.37. The number of phenolic OH excluding ortho intramolecular Hbond substituents is 1. The molecule has 0 heterocycles. The van der Waals surface area contributed by atoms with Crippen LogP contribution in [0.2, 0.25) is 0 Å². The lowest BCUT2D eigenvalue weighted by molar-refractivity contribution is 0.475. The number of nitriles is 1. The lowest BCUT2D eigenvalue weighted by Crippen LogP contribution is -2.22. The van der Waals surface area contributed by atoms with Gasteiger partial charge in [-0.1, -0.05) is 48.5 Å². The summed E-state index contributed by atoms with van der Waals surface area (Å²) in [6.45, 7) is 0. The van der Waals surface area contributed by atoms with E-state index in [9.17, 15) is 10.4 Å². The molecule has 1 unspecified atom stereocenters. The summed E-state index contributed by atoms with van der Waals surface area (Å²) < 4.78 is 0. The Hall–Kier alpha value is -3.25. The maximum Gasteiger partial charge on any atom is 0.146 e. The van der Waals surface area contributed by atoms with Crippen molar-refractivity contribution in [3.05, 3.63) is 90.5 Å². The maximum absolute atomic E-state index is 9.79. The number of benzene rings is 3. The molecule has 1 N–H and O–H groups in total. The first-order valence-corrected chi connectivity index (χ1v) is 7.37. The maximum atomic E-state index is 9.79. The number of aromatic hydroxyl groups is 1. The highest BCUT2D eigenvalue weighted by Gasteiger charge is 2.22. The third kappa shape index (κ3) is 3.17. The fraction of sp³-hybridized carbons (Fsp3) is 0.0500. The second-order valence-corrected chi connectivity index (χ2v) is 5.16. The van der Waals surface area contributed by atoms with Crippen molar-refractivity contribution >= 4 is 11.4 Å². The zero-order valence-electron chi connectivity index (χ0n) is 12.5. The van der Waals surface area contributed by atoms with E-state index in [1.54, 1.807) is 24.3 Å². The number of nitrogens with zero attached hydrogens (tertiary/aromatic N) is 2. The predicted octanol–water partition coefficient (Wildman–Crippen LogP) is 4.80. The molecule has 0 spiro atoms. The summed E-state index contributed by atoms with van der Waals surface area (Å²) in [4.78, 5) is 1.99. The molecule has 0 aromatic heterocycles. The lowest BCUT2D eigenvalue weighted by atomic mass is 10.0. The van der Waals surface area contributed by atoms with Crippen LogP contribution in [0.3, 0.4) is 0 Å². The average Bonchev–Trinajstić information content (AvgIpc) is 2.62. The van der Waals surface area contributed by atoms with Crippen LogP contribution < -0.4 is 4.90 Å². The number of rotatable bonds is 4. The molecule has 23 heavy (non-hydrogen) atoms. The molecule has 0 aliphatic carbocycles. The molecule has 112 valence electrons. The minimum atomic E-state index is -0.486. The van der Waals surface area contributed by atoms with Crippen LogP contribution in [0.25, 0.3) is 0 Å². The molecule has 0 bridgehead atoms. The summed E-state index contributed by atoms with van der Waals surface area (Å²) in [5, 5.41) is 19.3. The third-order valence-corrected chi connectivity index (χ3v) is 3.66. The Balaban J connectivity index is 2.10. The van der Waals surface area contributed by atoms with Crippen molar-refractivity contribution in [2.24, 2.45) is 0 Å². The van der Waals surface area contributed by atoms with Gasteiger partial charge in [-0.25, -0.2) is 0 Å². The monoisotopic (exact) mass is 300 g/mol. The second-order valence-electron chi connectivity index (χ2n) is 5.16. The molecule has 0 aliphatic rings. The molecule has 3 aromatic rings. The van der Waals surface area contributed by atoms with E-state index in [2.05, 4.69) is 6.07 Å². The molecule has 0 amide bonds. The molecule has 0 saturated carbocycles. The van der Waals surface area contributed by atoms with Gasteiger partial charge in [-0.15, -0.1) is 0 Å². The molecule has 0 aliphatic heterocycles. The van der Waals surface area contributed by atoms with Gasteiger partial charge in [-0.3, -0.25) is 0 Å². The molecule has 3 aromatic carbocycles. The fourth-order valence-electron chi connectivity index (χ4n) is 2.56. The lowest BCUT2D eigenvalue weighted by Gasteiger charge is -2.30. The van der Waals surface area contributed by atoms with Crippen molar-refractivity contribution in [2.45, 2.75) is 6.04 Å². The van der Waals surface area contributed by atoms with Crippen LogP contribution in [0.5, 0.6) is 5.75 Å². The van der Waals surface area contributed by atoms with Crippen LogP contribution in [0.4, 0.5) is 11.4 Å². The van der Waals surface area contributed by atoms with Crippen molar-refractivity contribution in [1.82, 2.24) is 0 Å². The summed E-state index contributed by atoms with van der Waals surface area (Å²) in [5.41, 5.74) is 2.72. The van der Waals surface area contributed by atoms with Gasteiger partial charge in [0.25, 0.3) is 0 Å². The van der Waals surface area contributed by atoms with E-state index in [1.807, 2.05) is 65.6 Å². The smallest absolute Gasteiger partial charge is 0.146 e. The van der Waals surface area contributed by atoms with E-state index in [1.165, 1.54) is 0 Å². The Bertz CT molecular complexity index is 753. The number of anilines is 2. The average molecular weight is 300 g/mol. The van der Waals surface area contributed by atoms with Crippen molar-refractivity contribution in [3.63, 3.8) is 0 Å². The second kappa shape index (κ2) is 6.67. The van der Waals surface area contributed by atoms with Gasteiger partial charge in [0.05, 0.1) is 6.07 Å². The van der Waals surface area contributed by atoms with E-state index in [4.69, 9.17) is 0 Å². The molecule has 0 saturated heterocycles. The summed E-state index contributed by atoms with van der Waals surface area (Å²) in [5.74, 6) is 0.191. The van der Waals surface area contributed by atoms with Crippen molar-refractivity contribution in [2.75, 3.05) is 4.90 Å². The fourth-order valence-corrected chi connectivity index (χ4v) is 2.56. The van der Waals surface area contributed by atoms with E-state index in [0.717, 1.165) is 16.9 Å². The minimum absolute atomic E-state index is 0.191. The zero-order chi connectivity index (χ0) is 16.1. The molecule has 0 radical (unpaired) electrons. The normalized spacial score (nSPS) is 11.4. The first kappa shape index (κ1) is 14.7. The van der Waals surface area contributed by atoms with Crippen LogP contribution in [0.15, 0.2) is 84.9 Å². The summed E-state index contributed by atoms with van der Waals surface area (Å²) >= 11 is 0. The third-order valence-electron chi connectivity index (χ3n) is 3.66. The first-order chi connectivity index (χ1) is 11.3. The summed E-state index contributed by atoms with van der Waals surface area (Å²) in [6.07, 6.45) is 0. The van der Waals surface area contributed by atoms with E-state index in [0.29, 0.717) is 0 Å². The predicted molar refractivity (Wildman–Crippen MR) is 91.5 cm³/mol. The van der Waals surface area contributed by atoms with E-state index in [-0.39, 0.29) is 5.75 Å². The standard InChI is InChI=1S/C20H16N2O/c21-15-20(16-11-13-19(23)14-12-16)22(17-7-3-1-4-8-17)18-9-5-2-6-10-18/h1-14,20,23H. The molecule has 3 rings (SSSR count). The SMILES string of the molecule is N#CC(c1ccc(O)cc1)N(c1ccccc1)c1ccccc1. The van der Waals surface area contributed by atoms with Gasteiger partial charge in [-0.2, -0.15) is 5.26 Å². The molecule has 3 heteroatoms. The Morgan fingerprint density at radius 1 is 0.739 bits per heavy atom. The molecule has 0 fully saturated rings. The van der Waals surface area contributed by atoms with Crippen LogP contribution >= 0.6 is 0 Å². The Labute approximate surface area is 135 Å². The van der Waals surface area contributed by atoms with Crippen molar-refractivity contribution in [1.29, 1.82) is 5.26 Å². The van der Waals surface area contributed by atoms with Gasteiger partial charge in [0, 0.05) is 11.4 Å². The Morgan fingerprint density at radius 3 is 1.65 bits per heavy atom. The van der Waals surface area contributed by atoms with Gasteiger partial charge >= 0.3 is 0 Å². The van der Waals surface area contributed by atoms with Gasteiger partial charge in [0.2, 0.25) is 0 Å². The number of hydrogen-bond donors (Lipinski definition) is 1. The minimum Gasteiger partial charge on any atom is -0.508 e. The van der Waals surface area contributed by atoms with Gasteiger partial charge in [0.1, 0.15) is 11.8 Å². The topological polar surface area (TPSA) is 47.3 Å². The van der Waals surface area contributed by atoms with Crippen LogP contribution in [-0.2, 0) is 0 Å². The van der Waals surface area contributed by atoms with Crippen LogP contribution in [0.1, 0.15) is 11.6 Å². The van der Waals surface area contributed by atoms with Crippen molar-refractivity contribution in [3.8, 4) is 11.8 Å². The highest BCUT2D eigenvalue weighted by atomic mass is 16.3. The van der Waals surface area contributed by atoms with E-state index >= 15 is 0 Å². The number of para-hydroxylation sites is 2.